The highest BCUT2D eigenvalue weighted by atomic mass is 16.2. The van der Waals surface area contributed by atoms with Crippen LogP contribution in [0.15, 0.2) is 0 Å². The molecule has 1 rings (SSSR count). The number of hydrogen-bond acceptors (Lipinski definition) is 3. The number of likely N-dealkylation sites (tertiary alicyclic amines) is 1. The lowest BCUT2D eigenvalue weighted by molar-refractivity contribution is -0.159. The molecule has 1 aliphatic rings. The molecule has 2 amide bonds. The van der Waals surface area contributed by atoms with Crippen molar-refractivity contribution in [3.8, 4) is 0 Å². The van der Waals surface area contributed by atoms with E-state index in [9.17, 15) is 9.59 Å². The quantitative estimate of drug-likeness (QED) is 0.675. The number of hydrogen-bond donors (Lipinski definition) is 2. The minimum Gasteiger partial charge on any atom is -0.348 e. The molecule has 0 aromatic carbocycles. The third-order valence-corrected chi connectivity index (χ3v) is 3.47. The van der Waals surface area contributed by atoms with Gasteiger partial charge in [0.05, 0.1) is 0 Å². The molecule has 0 unspecified atom stereocenters. The van der Waals surface area contributed by atoms with E-state index >= 15 is 0 Å². The molecule has 0 aromatic heterocycles. The van der Waals surface area contributed by atoms with Crippen LogP contribution in [0.4, 0.5) is 0 Å². The van der Waals surface area contributed by atoms with Gasteiger partial charge in [-0.15, -0.1) is 0 Å². The third-order valence-electron chi connectivity index (χ3n) is 3.47. The van der Waals surface area contributed by atoms with Crippen LogP contribution in [0.25, 0.3) is 0 Å². The zero-order valence-electron chi connectivity index (χ0n) is 12.0. The van der Waals surface area contributed by atoms with Gasteiger partial charge in [0, 0.05) is 23.7 Å². The third kappa shape index (κ3) is 2.83. The molecule has 18 heavy (non-hydrogen) atoms. The number of rotatable bonds is 1. The fraction of sp³-hybridized carbons (Fsp3) is 0.846. The Morgan fingerprint density at radius 1 is 1.22 bits per heavy atom. The van der Waals surface area contributed by atoms with E-state index in [0.29, 0.717) is 19.4 Å². The number of piperidine rings is 1. The lowest BCUT2D eigenvalue weighted by atomic mass is 9.77. The summed E-state index contributed by atoms with van der Waals surface area (Å²) < 4.78 is 0. The van der Waals surface area contributed by atoms with Crippen molar-refractivity contribution < 1.29 is 9.59 Å². The monoisotopic (exact) mass is 255 g/mol. The Hall–Kier alpha value is -1.10. The number of nitrogens with two attached hydrogens (primary N) is 1. The highest BCUT2D eigenvalue weighted by molar-refractivity contribution is 6.35. The Morgan fingerprint density at radius 2 is 1.67 bits per heavy atom. The first-order valence-electron chi connectivity index (χ1n) is 6.50. The van der Waals surface area contributed by atoms with Crippen LogP contribution in [0.1, 0.15) is 47.5 Å². The molecule has 5 nitrogen and oxygen atoms in total. The molecule has 0 spiro atoms. The summed E-state index contributed by atoms with van der Waals surface area (Å²) in [6.07, 6.45) is 1.42. The van der Waals surface area contributed by atoms with E-state index < -0.39 is 22.9 Å². The molecule has 0 bridgehead atoms. The summed E-state index contributed by atoms with van der Waals surface area (Å²) in [5.41, 5.74) is 5.25. The summed E-state index contributed by atoms with van der Waals surface area (Å²) in [5, 5.41) is 2.57. The summed E-state index contributed by atoms with van der Waals surface area (Å²) in [7, 11) is 0. The highest BCUT2D eigenvalue weighted by Crippen LogP contribution is 2.37. The van der Waals surface area contributed by atoms with E-state index in [1.165, 1.54) is 0 Å². The maximum atomic E-state index is 12.3. The second kappa shape index (κ2) is 4.88. The van der Waals surface area contributed by atoms with Gasteiger partial charge in [0.1, 0.15) is 0 Å². The van der Waals surface area contributed by atoms with Crippen molar-refractivity contribution in [2.24, 2.45) is 5.73 Å². The maximum Gasteiger partial charge on any atom is 0.312 e. The van der Waals surface area contributed by atoms with Crippen molar-refractivity contribution in [3.05, 3.63) is 0 Å². The molecule has 1 heterocycles. The molecule has 1 fully saturated rings. The van der Waals surface area contributed by atoms with Crippen LogP contribution in [-0.4, -0.2) is 40.4 Å². The number of nitrogens with zero attached hydrogens (tertiary/aromatic N) is 1. The number of amides is 2. The number of nitrogens with one attached hydrogen (secondary N) is 1. The summed E-state index contributed by atoms with van der Waals surface area (Å²) in [4.78, 5) is 25.8. The predicted molar refractivity (Wildman–Crippen MR) is 70.9 cm³/mol. The maximum absolute atomic E-state index is 12.3. The smallest absolute Gasteiger partial charge is 0.312 e. The van der Waals surface area contributed by atoms with Gasteiger partial charge in [0.15, 0.2) is 0 Å². The fourth-order valence-corrected chi connectivity index (χ4v) is 3.24. The van der Waals surface area contributed by atoms with Gasteiger partial charge in [0.25, 0.3) is 0 Å². The number of carbonyl (C=O) groups is 2. The molecule has 0 aliphatic carbocycles. The van der Waals surface area contributed by atoms with Gasteiger partial charge in [-0.2, -0.15) is 0 Å². The van der Waals surface area contributed by atoms with Gasteiger partial charge in [-0.25, -0.2) is 0 Å². The molecule has 5 heteroatoms. The van der Waals surface area contributed by atoms with Crippen molar-refractivity contribution in [1.29, 1.82) is 0 Å². The Bertz CT molecular complexity index is 332. The normalized spacial score (nSPS) is 22.7. The first-order valence-corrected chi connectivity index (χ1v) is 6.50. The zero-order valence-corrected chi connectivity index (χ0v) is 12.0. The minimum atomic E-state index is -0.533. The highest BCUT2D eigenvalue weighted by Gasteiger charge is 2.48. The molecule has 0 saturated carbocycles. The first-order chi connectivity index (χ1) is 8.12. The van der Waals surface area contributed by atoms with E-state index in [1.54, 1.807) is 11.8 Å². The van der Waals surface area contributed by atoms with Gasteiger partial charge in [0.2, 0.25) is 0 Å². The second-order valence-corrected chi connectivity index (χ2v) is 6.29. The van der Waals surface area contributed by atoms with E-state index in [0.717, 1.165) is 0 Å². The van der Waals surface area contributed by atoms with E-state index in [2.05, 4.69) is 5.32 Å². The summed E-state index contributed by atoms with van der Waals surface area (Å²) in [6.45, 7) is 10.1. The number of likely N-dealkylation sites (N-methyl/N-ethyl adjacent to an activating group) is 1. The van der Waals surface area contributed by atoms with Crippen LogP contribution in [-0.2, 0) is 9.59 Å². The van der Waals surface area contributed by atoms with Crippen LogP contribution in [0.2, 0.25) is 0 Å². The first kappa shape index (κ1) is 15.0. The molecule has 0 radical (unpaired) electrons. The topological polar surface area (TPSA) is 75.4 Å². The van der Waals surface area contributed by atoms with Crippen molar-refractivity contribution in [2.45, 2.75) is 64.6 Å². The summed E-state index contributed by atoms with van der Waals surface area (Å²) in [5.74, 6) is -0.993. The standard InChI is InChI=1S/C13H25N3O2/c1-6-15-10(17)11(18)16-12(2,3)7-9(14)8-13(16,4)5/h9H,6-8,14H2,1-5H3,(H,15,17). The van der Waals surface area contributed by atoms with E-state index in [1.807, 2.05) is 27.7 Å². The Kier molecular flexibility index (Phi) is 4.05. The van der Waals surface area contributed by atoms with Crippen molar-refractivity contribution in [3.63, 3.8) is 0 Å². The van der Waals surface area contributed by atoms with Gasteiger partial charge >= 0.3 is 11.8 Å². The largest absolute Gasteiger partial charge is 0.348 e. The Balaban J connectivity index is 3.02. The lowest BCUT2D eigenvalue weighted by Crippen LogP contribution is -2.67. The SMILES string of the molecule is CCNC(=O)C(=O)N1C(C)(C)CC(N)CC1(C)C. The second-order valence-electron chi connectivity index (χ2n) is 6.29. The van der Waals surface area contributed by atoms with Crippen molar-refractivity contribution >= 4 is 11.8 Å². The van der Waals surface area contributed by atoms with E-state index in [4.69, 9.17) is 5.73 Å². The molecule has 3 N–H and O–H groups in total. The summed E-state index contributed by atoms with van der Waals surface area (Å²) >= 11 is 0. The van der Waals surface area contributed by atoms with Gasteiger partial charge < -0.3 is 16.0 Å². The molecule has 1 aliphatic heterocycles. The molecule has 1 saturated heterocycles. The Morgan fingerprint density at radius 3 is 2.06 bits per heavy atom. The average Bonchev–Trinajstić information content (AvgIpc) is 2.12. The number of carbonyl (C=O) groups excluding carboxylic acids is 2. The predicted octanol–water partition coefficient (Wildman–Crippen LogP) is 0.629. The minimum absolute atomic E-state index is 0.0632. The van der Waals surface area contributed by atoms with Gasteiger partial charge in [-0.3, -0.25) is 9.59 Å². The zero-order chi connectivity index (χ0) is 14.1. The fourth-order valence-electron chi connectivity index (χ4n) is 3.24. The molecule has 0 aromatic rings. The van der Waals surface area contributed by atoms with Crippen LogP contribution in [0.3, 0.4) is 0 Å². The van der Waals surface area contributed by atoms with Gasteiger partial charge in [-0.05, 0) is 47.5 Å². The molecular weight excluding hydrogens is 230 g/mol. The van der Waals surface area contributed by atoms with Crippen LogP contribution in [0, 0.1) is 0 Å². The average molecular weight is 255 g/mol. The van der Waals surface area contributed by atoms with Crippen LogP contribution in [0.5, 0.6) is 0 Å². The van der Waals surface area contributed by atoms with Gasteiger partial charge in [-0.1, -0.05) is 0 Å². The molecule has 104 valence electrons. The van der Waals surface area contributed by atoms with Crippen LogP contribution < -0.4 is 11.1 Å². The molecule has 0 atom stereocenters. The summed E-state index contributed by atoms with van der Waals surface area (Å²) in [6, 6.07) is 0.0632. The van der Waals surface area contributed by atoms with E-state index in [-0.39, 0.29) is 6.04 Å². The molecular formula is C13H25N3O2. The van der Waals surface area contributed by atoms with Crippen molar-refractivity contribution in [1.82, 2.24) is 10.2 Å². The Labute approximate surface area is 109 Å². The van der Waals surface area contributed by atoms with Crippen molar-refractivity contribution in [2.75, 3.05) is 6.54 Å². The van der Waals surface area contributed by atoms with Crippen LogP contribution >= 0.6 is 0 Å². The lowest BCUT2D eigenvalue weighted by Gasteiger charge is -2.54.